The monoisotopic (exact) mass is 337 g/mol. The Morgan fingerprint density at radius 1 is 1.04 bits per heavy atom. The number of nitriles is 1. The highest BCUT2D eigenvalue weighted by Crippen LogP contribution is 2.14. The van der Waals surface area contributed by atoms with E-state index in [0.717, 1.165) is 5.56 Å². The van der Waals surface area contributed by atoms with Crippen LogP contribution in [-0.4, -0.2) is 18.4 Å². The molecule has 6 heteroatoms. The second-order valence-corrected chi connectivity index (χ2v) is 5.70. The zero-order valence-corrected chi connectivity index (χ0v) is 14.1. The average molecular weight is 337 g/mol. The normalized spacial score (nSPS) is 10.0. The molecule has 0 atom stereocenters. The van der Waals surface area contributed by atoms with E-state index in [0.29, 0.717) is 22.8 Å². The van der Waals surface area contributed by atoms with Crippen LogP contribution >= 0.6 is 0 Å². The Kier molecular flexibility index (Phi) is 6.13. The summed E-state index contributed by atoms with van der Waals surface area (Å²) in [7, 11) is 0. The molecule has 0 aliphatic carbocycles. The maximum absolute atomic E-state index is 12.0. The van der Waals surface area contributed by atoms with E-state index in [1.165, 1.54) is 0 Å². The largest absolute Gasteiger partial charge is 0.484 e. The molecular formula is C19H19N3O3. The predicted octanol–water partition coefficient (Wildman–Crippen LogP) is 2.52. The number of ether oxygens (including phenoxy) is 1. The number of hydrazine groups is 1. The molecule has 0 radical (unpaired) electrons. The first kappa shape index (κ1) is 18.0. The molecule has 0 heterocycles. The number of amides is 2. The van der Waals surface area contributed by atoms with Gasteiger partial charge in [0, 0.05) is 5.56 Å². The first-order valence-corrected chi connectivity index (χ1v) is 7.81. The van der Waals surface area contributed by atoms with Gasteiger partial charge >= 0.3 is 0 Å². The van der Waals surface area contributed by atoms with Crippen LogP contribution in [0.3, 0.4) is 0 Å². The molecular weight excluding hydrogens is 318 g/mol. The van der Waals surface area contributed by atoms with Crippen LogP contribution in [0, 0.1) is 11.3 Å². The van der Waals surface area contributed by atoms with E-state index < -0.39 is 11.8 Å². The van der Waals surface area contributed by atoms with Crippen molar-refractivity contribution >= 4 is 11.8 Å². The average Bonchev–Trinajstić information content (AvgIpc) is 2.64. The number of benzene rings is 2. The topological polar surface area (TPSA) is 91.2 Å². The molecule has 0 saturated carbocycles. The van der Waals surface area contributed by atoms with Crippen molar-refractivity contribution in [2.75, 3.05) is 6.61 Å². The van der Waals surface area contributed by atoms with Gasteiger partial charge in [0.15, 0.2) is 6.61 Å². The number of nitrogens with one attached hydrogen (secondary N) is 2. The van der Waals surface area contributed by atoms with Crippen LogP contribution < -0.4 is 15.6 Å². The van der Waals surface area contributed by atoms with Crippen LogP contribution in [0.2, 0.25) is 0 Å². The van der Waals surface area contributed by atoms with Crippen LogP contribution in [0.15, 0.2) is 48.5 Å². The van der Waals surface area contributed by atoms with Crippen molar-refractivity contribution in [3.8, 4) is 11.8 Å². The first-order valence-electron chi connectivity index (χ1n) is 7.81. The number of nitrogens with zero attached hydrogens (tertiary/aromatic N) is 1. The summed E-state index contributed by atoms with van der Waals surface area (Å²) in [5.74, 6) is -0.0421. The summed E-state index contributed by atoms with van der Waals surface area (Å²) in [5, 5.41) is 8.71. The van der Waals surface area contributed by atoms with E-state index in [-0.39, 0.29) is 6.61 Å². The molecule has 0 aliphatic heterocycles. The third-order valence-corrected chi connectivity index (χ3v) is 3.51. The number of carbonyl (C=O) groups is 2. The highest BCUT2D eigenvalue weighted by atomic mass is 16.5. The van der Waals surface area contributed by atoms with Gasteiger partial charge in [-0.15, -0.1) is 0 Å². The van der Waals surface area contributed by atoms with Crippen molar-refractivity contribution in [1.29, 1.82) is 5.26 Å². The Morgan fingerprint density at radius 3 is 2.24 bits per heavy atom. The molecule has 6 nitrogen and oxygen atoms in total. The van der Waals surface area contributed by atoms with Crippen LogP contribution in [0.25, 0.3) is 0 Å². The standard InChI is InChI=1S/C19H19N3O3/c1-13(2)15-5-7-16(8-6-15)19(24)22-21-18(23)12-25-17-9-3-14(11-20)4-10-17/h3-10,13H,12H2,1-2H3,(H,21,23)(H,22,24). The summed E-state index contributed by atoms with van der Waals surface area (Å²) >= 11 is 0. The maximum Gasteiger partial charge on any atom is 0.276 e. The van der Waals surface area contributed by atoms with Crippen molar-refractivity contribution < 1.29 is 14.3 Å². The van der Waals surface area contributed by atoms with Crippen LogP contribution in [0.1, 0.15) is 41.3 Å². The second-order valence-electron chi connectivity index (χ2n) is 5.70. The third-order valence-electron chi connectivity index (χ3n) is 3.51. The summed E-state index contributed by atoms with van der Waals surface area (Å²) in [6, 6.07) is 15.6. The van der Waals surface area contributed by atoms with Crippen LogP contribution in [0.4, 0.5) is 0 Å². The van der Waals surface area contributed by atoms with Crippen molar-refractivity contribution in [1.82, 2.24) is 10.9 Å². The smallest absolute Gasteiger partial charge is 0.276 e. The molecule has 0 bridgehead atoms. The minimum absolute atomic E-state index is 0.252. The Morgan fingerprint density at radius 2 is 1.68 bits per heavy atom. The van der Waals surface area contributed by atoms with Gasteiger partial charge in [-0.1, -0.05) is 26.0 Å². The lowest BCUT2D eigenvalue weighted by atomic mass is 10.0. The van der Waals surface area contributed by atoms with Crippen molar-refractivity contribution in [2.45, 2.75) is 19.8 Å². The summed E-state index contributed by atoms with van der Waals surface area (Å²) in [4.78, 5) is 23.7. The lowest BCUT2D eigenvalue weighted by Crippen LogP contribution is -2.43. The zero-order valence-electron chi connectivity index (χ0n) is 14.1. The number of hydrogen-bond acceptors (Lipinski definition) is 4. The molecule has 2 amide bonds. The van der Waals surface area contributed by atoms with Gasteiger partial charge in [0.25, 0.3) is 11.8 Å². The number of carbonyl (C=O) groups excluding carboxylic acids is 2. The first-order chi connectivity index (χ1) is 12.0. The van der Waals surface area contributed by atoms with Crippen molar-refractivity contribution in [3.05, 3.63) is 65.2 Å². The SMILES string of the molecule is CC(C)c1ccc(C(=O)NNC(=O)COc2ccc(C#N)cc2)cc1. The van der Waals surface area contributed by atoms with Crippen LogP contribution in [-0.2, 0) is 4.79 Å². The number of rotatable bonds is 5. The highest BCUT2D eigenvalue weighted by Gasteiger charge is 2.08. The van der Waals surface area contributed by atoms with E-state index in [4.69, 9.17) is 10.00 Å². The van der Waals surface area contributed by atoms with E-state index in [9.17, 15) is 9.59 Å². The summed E-state index contributed by atoms with van der Waals surface area (Å²) < 4.78 is 5.27. The third kappa shape index (κ3) is 5.36. The minimum Gasteiger partial charge on any atom is -0.484 e. The van der Waals surface area contributed by atoms with Gasteiger partial charge in [0.05, 0.1) is 11.6 Å². The van der Waals surface area contributed by atoms with E-state index in [1.54, 1.807) is 36.4 Å². The molecule has 0 spiro atoms. The Labute approximate surface area is 146 Å². The molecule has 128 valence electrons. The van der Waals surface area contributed by atoms with Crippen LogP contribution in [0.5, 0.6) is 5.75 Å². The predicted molar refractivity (Wildman–Crippen MR) is 92.8 cm³/mol. The van der Waals surface area contributed by atoms with Gasteiger partial charge in [-0.05, 0) is 47.9 Å². The van der Waals surface area contributed by atoms with Gasteiger partial charge in [0.2, 0.25) is 0 Å². The number of hydrogen-bond donors (Lipinski definition) is 2. The fourth-order valence-corrected chi connectivity index (χ4v) is 2.03. The molecule has 2 aromatic carbocycles. The molecule has 2 aromatic rings. The van der Waals surface area contributed by atoms with Crippen molar-refractivity contribution in [2.24, 2.45) is 0 Å². The molecule has 0 unspecified atom stereocenters. The summed E-state index contributed by atoms with van der Waals surface area (Å²) in [6.07, 6.45) is 0. The zero-order chi connectivity index (χ0) is 18.2. The molecule has 0 saturated heterocycles. The lowest BCUT2D eigenvalue weighted by Gasteiger charge is -2.10. The summed E-state index contributed by atoms with van der Waals surface area (Å²) in [6.45, 7) is 3.89. The molecule has 25 heavy (non-hydrogen) atoms. The fourth-order valence-electron chi connectivity index (χ4n) is 2.03. The second kappa shape index (κ2) is 8.50. The minimum atomic E-state index is -0.489. The molecule has 2 rings (SSSR count). The van der Waals surface area contributed by atoms with Gasteiger partial charge in [-0.25, -0.2) is 0 Å². The Bertz CT molecular complexity index is 775. The molecule has 0 aromatic heterocycles. The Hall–Kier alpha value is -3.33. The van der Waals surface area contributed by atoms with Gasteiger partial charge < -0.3 is 4.74 Å². The van der Waals surface area contributed by atoms with Crippen molar-refractivity contribution in [3.63, 3.8) is 0 Å². The Balaban J connectivity index is 1.78. The quantitative estimate of drug-likeness (QED) is 0.820. The van der Waals surface area contributed by atoms with Gasteiger partial charge in [-0.2, -0.15) is 5.26 Å². The fraction of sp³-hybridized carbons (Fsp3) is 0.211. The summed E-state index contributed by atoms with van der Waals surface area (Å²) in [5.41, 5.74) is 6.73. The lowest BCUT2D eigenvalue weighted by molar-refractivity contribution is -0.123. The molecule has 0 fully saturated rings. The maximum atomic E-state index is 12.0. The highest BCUT2D eigenvalue weighted by molar-refractivity contribution is 5.95. The molecule has 0 aliphatic rings. The van der Waals surface area contributed by atoms with Gasteiger partial charge in [0.1, 0.15) is 5.75 Å². The molecule has 2 N–H and O–H groups in total. The van der Waals surface area contributed by atoms with E-state index >= 15 is 0 Å². The van der Waals surface area contributed by atoms with Gasteiger partial charge in [-0.3, -0.25) is 20.4 Å². The van der Waals surface area contributed by atoms with E-state index in [2.05, 4.69) is 24.7 Å². The van der Waals surface area contributed by atoms with E-state index in [1.807, 2.05) is 18.2 Å².